The van der Waals surface area contributed by atoms with Gasteiger partial charge < -0.3 is 4.74 Å². The molecule has 0 spiro atoms. The number of amides is 4. The van der Waals surface area contributed by atoms with Crippen LogP contribution in [0.5, 0.6) is 0 Å². The van der Waals surface area contributed by atoms with E-state index in [-0.39, 0.29) is 19.1 Å². The van der Waals surface area contributed by atoms with E-state index in [1.807, 2.05) is 0 Å². The molecule has 1 aliphatic rings. The highest BCUT2D eigenvalue weighted by atomic mass is 16.5. The number of carbonyl (C=O) groups is 3. The number of imide groups is 2. The predicted octanol–water partition coefficient (Wildman–Crippen LogP) is -0.510. The van der Waals surface area contributed by atoms with Crippen LogP contribution in [0, 0.1) is 0 Å². The molecule has 1 atom stereocenters. The van der Waals surface area contributed by atoms with E-state index in [0.29, 0.717) is 0 Å². The highest BCUT2D eigenvalue weighted by Gasteiger charge is 2.31. The van der Waals surface area contributed by atoms with Crippen molar-refractivity contribution in [3.05, 3.63) is 0 Å². The third kappa shape index (κ3) is 2.29. The van der Waals surface area contributed by atoms with Crippen LogP contribution < -0.4 is 5.32 Å². The number of barbiturate groups is 1. The number of carbonyl (C=O) groups excluding carboxylic acids is 3. The second kappa shape index (κ2) is 4.19. The molecule has 0 saturated carbocycles. The molecule has 1 rings (SSSR count). The second-order valence-corrected chi connectivity index (χ2v) is 3.08. The van der Waals surface area contributed by atoms with Gasteiger partial charge in [-0.25, -0.2) is 4.79 Å². The van der Waals surface area contributed by atoms with Crippen molar-refractivity contribution in [3.8, 4) is 0 Å². The molecule has 1 heterocycles. The van der Waals surface area contributed by atoms with Gasteiger partial charge in [0.15, 0.2) is 0 Å². The molecule has 78 valence electrons. The Morgan fingerprint density at radius 2 is 2.14 bits per heavy atom. The first-order valence-corrected chi connectivity index (χ1v) is 4.21. The van der Waals surface area contributed by atoms with Gasteiger partial charge >= 0.3 is 6.03 Å². The lowest BCUT2D eigenvalue weighted by Crippen LogP contribution is -2.54. The van der Waals surface area contributed by atoms with Gasteiger partial charge in [-0.15, -0.1) is 0 Å². The molecule has 4 amide bonds. The van der Waals surface area contributed by atoms with Crippen molar-refractivity contribution < 1.29 is 19.1 Å². The van der Waals surface area contributed by atoms with E-state index >= 15 is 0 Å². The van der Waals surface area contributed by atoms with Crippen molar-refractivity contribution in [2.45, 2.75) is 19.4 Å². The first-order valence-electron chi connectivity index (χ1n) is 4.21. The third-order valence-corrected chi connectivity index (χ3v) is 1.95. The Bertz CT molecular complexity index is 257. The molecule has 0 aliphatic carbocycles. The van der Waals surface area contributed by atoms with Crippen molar-refractivity contribution in [2.75, 3.05) is 13.7 Å². The minimum atomic E-state index is -0.671. The molecule has 0 aromatic heterocycles. The Hall–Kier alpha value is -1.43. The van der Waals surface area contributed by atoms with E-state index in [4.69, 9.17) is 4.74 Å². The van der Waals surface area contributed by atoms with Crippen LogP contribution in [0.3, 0.4) is 0 Å². The quantitative estimate of drug-likeness (QED) is 0.622. The Morgan fingerprint density at radius 1 is 1.50 bits per heavy atom. The smallest absolute Gasteiger partial charge is 0.330 e. The summed E-state index contributed by atoms with van der Waals surface area (Å²) in [5, 5.41) is 2.06. The van der Waals surface area contributed by atoms with Gasteiger partial charge in [0.2, 0.25) is 11.8 Å². The van der Waals surface area contributed by atoms with E-state index in [1.165, 1.54) is 7.11 Å². The second-order valence-electron chi connectivity index (χ2n) is 3.08. The number of hydrogen-bond donors (Lipinski definition) is 1. The molecule has 14 heavy (non-hydrogen) atoms. The maximum Gasteiger partial charge on any atom is 0.330 e. The van der Waals surface area contributed by atoms with Crippen LogP contribution in [0.4, 0.5) is 4.79 Å². The van der Waals surface area contributed by atoms with Crippen LogP contribution in [0.2, 0.25) is 0 Å². The van der Waals surface area contributed by atoms with Gasteiger partial charge in [0.05, 0.1) is 12.6 Å². The van der Waals surface area contributed by atoms with Crippen molar-refractivity contribution in [3.63, 3.8) is 0 Å². The molecule has 6 nitrogen and oxygen atoms in total. The highest BCUT2D eigenvalue weighted by molar-refractivity contribution is 6.14. The molecule has 0 radical (unpaired) electrons. The van der Waals surface area contributed by atoms with Crippen LogP contribution in [0.15, 0.2) is 0 Å². The predicted molar refractivity (Wildman–Crippen MR) is 46.3 cm³/mol. The average molecular weight is 200 g/mol. The lowest BCUT2D eigenvalue weighted by atomic mass is 10.2. The van der Waals surface area contributed by atoms with Crippen molar-refractivity contribution in [2.24, 2.45) is 0 Å². The van der Waals surface area contributed by atoms with Crippen LogP contribution in [-0.4, -0.2) is 42.5 Å². The zero-order valence-electron chi connectivity index (χ0n) is 8.07. The summed E-state index contributed by atoms with van der Waals surface area (Å²) in [5.41, 5.74) is 0. The van der Waals surface area contributed by atoms with Crippen LogP contribution in [0.1, 0.15) is 13.3 Å². The molecular weight excluding hydrogens is 188 g/mol. The van der Waals surface area contributed by atoms with Gasteiger partial charge in [-0.1, -0.05) is 0 Å². The minimum Gasteiger partial charge on any atom is -0.380 e. The van der Waals surface area contributed by atoms with Crippen molar-refractivity contribution >= 4 is 17.8 Å². The summed E-state index contributed by atoms with van der Waals surface area (Å²) in [7, 11) is 1.49. The van der Waals surface area contributed by atoms with E-state index in [0.717, 1.165) is 4.90 Å². The Balaban J connectivity index is 2.63. The van der Waals surface area contributed by atoms with E-state index in [1.54, 1.807) is 6.92 Å². The molecule has 1 aliphatic heterocycles. The standard InChI is InChI=1S/C8H12N2O4/c1-5(14-2)4-10-7(12)3-6(11)9-8(10)13/h5H,3-4H2,1-2H3,(H,9,11,13). The summed E-state index contributed by atoms with van der Waals surface area (Å²) < 4.78 is 4.92. The fraction of sp³-hybridized carbons (Fsp3) is 0.625. The summed E-state index contributed by atoms with van der Waals surface area (Å²) >= 11 is 0. The number of nitrogens with one attached hydrogen (secondary N) is 1. The summed E-state index contributed by atoms with van der Waals surface area (Å²) in [6.07, 6.45) is -0.514. The van der Waals surface area contributed by atoms with Gasteiger partial charge in [0.1, 0.15) is 6.42 Å². The minimum absolute atomic E-state index is 0.161. The first kappa shape index (κ1) is 10.6. The Morgan fingerprint density at radius 3 is 2.64 bits per heavy atom. The SMILES string of the molecule is COC(C)CN1C(=O)CC(=O)NC1=O. The molecule has 1 unspecified atom stereocenters. The Kier molecular flexibility index (Phi) is 3.19. The number of nitrogens with zero attached hydrogens (tertiary/aromatic N) is 1. The average Bonchev–Trinajstić information content (AvgIpc) is 2.10. The number of rotatable bonds is 3. The van der Waals surface area contributed by atoms with Gasteiger partial charge in [0, 0.05) is 7.11 Å². The first-order chi connectivity index (χ1) is 6.54. The zero-order chi connectivity index (χ0) is 10.7. The Labute approximate surface area is 81.2 Å². The van der Waals surface area contributed by atoms with Crippen LogP contribution >= 0.6 is 0 Å². The molecule has 0 aromatic rings. The third-order valence-electron chi connectivity index (χ3n) is 1.95. The van der Waals surface area contributed by atoms with E-state index in [9.17, 15) is 14.4 Å². The number of hydrogen-bond acceptors (Lipinski definition) is 4. The molecule has 0 bridgehead atoms. The molecule has 1 N–H and O–H groups in total. The zero-order valence-corrected chi connectivity index (χ0v) is 8.07. The van der Waals surface area contributed by atoms with Crippen molar-refractivity contribution in [1.29, 1.82) is 0 Å². The molecule has 0 aromatic carbocycles. The number of urea groups is 1. The lowest BCUT2D eigenvalue weighted by Gasteiger charge is -2.26. The lowest BCUT2D eigenvalue weighted by molar-refractivity contribution is -0.137. The van der Waals surface area contributed by atoms with Crippen LogP contribution in [-0.2, 0) is 14.3 Å². The van der Waals surface area contributed by atoms with Gasteiger partial charge in [-0.2, -0.15) is 0 Å². The van der Waals surface area contributed by atoms with Crippen LogP contribution in [0.25, 0.3) is 0 Å². The maximum absolute atomic E-state index is 11.3. The molecule has 1 fully saturated rings. The highest BCUT2D eigenvalue weighted by Crippen LogP contribution is 2.04. The molecule has 1 saturated heterocycles. The molecule has 6 heteroatoms. The van der Waals surface area contributed by atoms with Gasteiger partial charge in [0.25, 0.3) is 0 Å². The van der Waals surface area contributed by atoms with Gasteiger partial charge in [-0.3, -0.25) is 19.8 Å². The summed E-state index contributed by atoms with van der Waals surface area (Å²) in [4.78, 5) is 34.2. The number of ether oxygens (including phenoxy) is 1. The van der Waals surface area contributed by atoms with E-state index in [2.05, 4.69) is 5.32 Å². The normalized spacial score (nSPS) is 19.6. The topological polar surface area (TPSA) is 75.7 Å². The summed E-state index contributed by atoms with van der Waals surface area (Å²) in [6.45, 7) is 1.89. The number of methoxy groups -OCH3 is 1. The monoisotopic (exact) mass is 200 g/mol. The fourth-order valence-corrected chi connectivity index (χ4v) is 1.09. The fourth-order valence-electron chi connectivity index (χ4n) is 1.09. The molecular formula is C8H12N2O4. The van der Waals surface area contributed by atoms with Gasteiger partial charge in [-0.05, 0) is 6.92 Å². The maximum atomic E-state index is 11.3. The summed E-state index contributed by atoms with van der Waals surface area (Å²) in [5.74, 6) is -1.04. The van der Waals surface area contributed by atoms with E-state index < -0.39 is 17.8 Å². The van der Waals surface area contributed by atoms with Crippen molar-refractivity contribution in [1.82, 2.24) is 10.2 Å². The summed E-state index contributed by atoms with van der Waals surface area (Å²) in [6, 6.07) is -0.671. The largest absolute Gasteiger partial charge is 0.380 e.